The SMILES string of the molecule is COc1ccc(C(O)=C2C(=O)C(=O)N(C)C2c2ccc([N+](=O)[O-])cc2)cc1. The van der Waals surface area contributed by atoms with Gasteiger partial charge in [0, 0.05) is 24.7 Å². The normalized spacial score (nSPS) is 18.6. The summed E-state index contributed by atoms with van der Waals surface area (Å²) >= 11 is 0. The number of hydrogen-bond donors (Lipinski definition) is 1. The minimum atomic E-state index is -0.840. The maximum absolute atomic E-state index is 12.5. The first-order valence-electron chi connectivity index (χ1n) is 7.98. The third-order valence-electron chi connectivity index (χ3n) is 4.46. The zero-order valence-corrected chi connectivity index (χ0v) is 14.6. The van der Waals surface area contributed by atoms with E-state index in [0.29, 0.717) is 16.9 Å². The molecule has 0 aliphatic carbocycles. The molecule has 8 heteroatoms. The second-order valence-corrected chi connectivity index (χ2v) is 5.99. The Kier molecular flexibility index (Phi) is 4.64. The van der Waals surface area contributed by atoms with Gasteiger partial charge in [0.05, 0.1) is 23.6 Å². The fraction of sp³-hybridized carbons (Fsp3) is 0.158. The number of ketones is 1. The summed E-state index contributed by atoms with van der Waals surface area (Å²) in [7, 11) is 2.95. The van der Waals surface area contributed by atoms with E-state index < -0.39 is 22.7 Å². The van der Waals surface area contributed by atoms with Gasteiger partial charge in [-0.25, -0.2) is 0 Å². The number of likely N-dealkylation sites (N-methyl/N-ethyl adjacent to an activating group) is 1. The van der Waals surface area contributed by atoms with Crippen molar-refractivity contribution in [2.45, 2.75) is 6.04 Å². The number of aliphatic hydroxyl groups is 1. The summed E-state index contributed by atoms with van der Waals surface area (Å²) in [5, 5.41) is 21.5. The van der Waals surface area contributed by atoms with E-state index >= 15 is 0 Å². The second-order valence-electron chi connectivity index (χ2n) is 5.99. The van der Waals surface area contributed by atoms with Gasteiger partial charge in [-0.1, -0.05) is 0 Å². The van der Waals surface area contributed by atoms with Crippen LogP contribution in [0.5, 0.6) is 5.75 Å². The van der Waals surface area contributed by atoms with Crippen molar-refractivity contribution in [1.29, 1.82) is 0 Å². The van der Waals surface area contributed by atoms with Crippen LogP contribution < -0.4 is 4.74 Å². The highest BCUT2D eigenvalue weighted by Gasteiger charge is 2.44. The molecule has 1 fully saturated rings. The number of benzene rings is 2. The average Bonchev–Trinajstić information content (AvgIpc) is 2.91. The van der Waals surface area contributed by atoms with Gasteiger partial charge >= 0.3 is 0 Å². The Morgan fingerprint density at radius 2 is 1.70 bits per heavy atom. The molecule has 1 aliphatic heterocycles. The molecular formula is C19H16N2O6. The van der Waals surface area contributed by atoms with Crippen LogP contribution in [0.15, 0.2) is 54.1 Å². The molecule has 0 aromatic heterocycles. The second kappa shape index (κ2) is 6.91. The number of amides is 1. The van der Waals surface area contributed by atoms with Crippen LogP contribution in [0, 0.1) is 10.1 Å². The van der Waals surface area contributed by atoms with E-state index in [1.807, 2.05) is 0 Å². The van der Waals surface area contributed by atoms with Gasteiger partial charge in [-0.05, 0) is 42.0 Å². The summed E-state index contributed by atoms with van der Waals surface area (Å²) in [4.78, 5) is 36.2. The van der Waals surface area contributed by atoms with Gasteiger partial charge in [-0.15, -0.1) is 0 Å². The smallest absolute Gasteiger partial charge is 0.295 e. The molecule has 1 unspecified atom stereocenters. The lowest BCUT2D eigenvalue weighted by Crippen LogP contribution is -2.24. The van der Waals surface area contributed by atoms with E-state index in [1.54, 1.807) is 24.3 Å². The molecule has 0 spiro atoms. The monoisotopic (exact) mass is 368 g/mol. The van der Waals surface area contributed by atoms with Crippen LogP contribution in [0.2, 0.25) is 0 Å². The maximum Gasteiger partial charge on any atom is 0.295 e. The fourth-order valence-electron chi connectivity index (χ4n) is 3.02. The predicted molar refractivity (Wildman–Crippen MR) is 96.2 cm³/mol. The molecule has 0 radical (unpaired) electrons. The number of likely N-dealkylation sites (tertiary alicyclic amines) is 1. The highest BCUT2D eigenvalue weighted by atomic mass is 16.6. The number of non-ortho nitro benzene ring substituents is 1. The number of ether oxygens (including phenoxy) is 1. The molecule has 1 N–H and O–H groups in total. The van der Waals surface area contributed by atoms with Crippen LogP contribution in [-0.2, 0) is 9.59 Å². The Bertz CT molecular complexity index is 947. The van der Waals surface area contributed by atoms with Crippen molar-refractivity contribution in [3.63, 3.8) is 0 Å². The first-order valence-corrected chi connectivity index (χ1v) is 7.98. The van der Waals surface area contributed by atoms with E-state index in [9.17, 15) is 24.8 Å². The summed E-state index contributed by atoms with van der Waals surface area (Å²) in [6.07, 6.45) is 0. The predicted octanol–water partition coefficient (Wildman–Crippen LogP) is 2.65. The summed E-state index contributed by atoms with van der Waals surface area (Å²) in [5.41, 5.74) is 0.662. The zero-order valence-electron chi connectivity index (χ0n) is 14.6. The molecule has 1 atom stereocenters. The highest BCUT2D eigenvalue weighted by molar-refractivity contribution is 6.46. The number of methoxy groups -OCH3 is 1. The average molecular weight is 368 g/mol. The van der Waals surface area contributed by atoms with Crippen LogP contribution in [0.25, 0.3) is 5.76 Å². The first kappa shape index (κ1) is 18.1. The summed E-state index contributed by atoms with van der Waals surface area (Å²) < 4.78 is 5.07. The molecule has 1 aliphatic rings. The number of nitro groups is 1. The standard InChI is InChI=1S/C19H16N2O6/c1-20-16(11-3-7-13(8-4-11)21(25)26)15(18(23)19(20)24)17(22)12-5-9-14(27-2)10-6-12/h3-10,16,22H,1-2H3. The molecule has 2 aromatic carbocycles. The Balaban J connectivity index is 2.10. The third kappa shape index (κ3) is 3.12. The topological polar surface area (TPSA) is 110 Å². The Morgan fingerprint density at radius 3 is 2.22 bits per heavy atom. The quantitative estimate of drug-likeness (QED) is 0.292. The van der Waals surface area contributed by atoms with Crippen molar-refractivity contribution in [3.8, 4) is 5.75 Å². The van der Waals surface area contributed by atoms with Gasteiger partial charge in [0.2, 0.25) is 0 Å². The largest absolute Gasteiger partial charge is 0.507 e. The molecule has 138 valence electrons. The summed E-state index contributed by atoms with van der Waals surface area (Å²) in [6.45, 7) is 0. The molecular weight excluding hydrogens is 352 g/mol. The Hall–Kier alpha value is -3.68. The van der Waals surface area contributed by atoms with Crippen LogP contribution in [0.3, 0.4) is 0 Å². The Labute approximate surface area is 154 Å². The number of Topliss-reactive ketones (excluding diaryl/α,β-unsaturated/α-hetero) is 1. The minimum Gasteiger partial charge on any atom is -0.507 e. The van der Waals surface area contributed by atoms with Crippen molar-refractivity contribution >= 4 is 23.1 Å². The molecule has 27 heavy (non-hydrogen) atoms. The van der Waals surface area contributed by atoms with E-state index in [1.165, 1.54) is 43.3 Å². The number of rotatable bonds is 4. The van der Waals surface area contributed by atoms with Crippen molar-refractivity contribution in [3.05, 3.63) is 75.3 Å². The summed E-state index contributed by atoms with van der Waals surface area (Å²) in [6, 6.07) is 11.1. The zero-order chi connectivity index (χ0) is 19.7. The van der Waals surface area contributed by atoms with Gasteiger partial charge in [0.1, 0.15) is 11.5 Å². The van der Waals surface area contributed by atoms with Crippen LogP contribution in [0.1, 0.15) is 17.2 Å². The lowest BCUT2D eigenvalue weighted by Gasteiger charge is -2.20. The molecule has 3 rings (SSSR count). The molecule has 0 bridgehead atoms. The molecule has 1 heterocycles. The van der Waals surface area contributed by atoms with E-state index in [4.69, 9.17) is 4.74 Å². The summed E-state index contributed by atoms with van der Waals surface area (Å²) in [5.74, 6) is -1.30. The third-order valence-corrected chi connectivity index (χ3v) is 4.46. The van der Waals surface area contributed by atoms with Gasteiger partial charge in [0.25, 0.3) is 17.4 Å². The van der Waals surface area contributed by atoms with Crippen LogP contribution in [0.4, 0.5) is 5.69 Å². The fourth-order valence-corrected chi connectivity index (χ4v) is 3.02. The number of aliphatic hydroxyl groups excluding tert-OH is 1. The van der Waals surface area contributed by atoms with Gasteiger partial charge in [0.15, 0.2) is 0 Å². The van der Waals surface area contributed by atoms with Crippen molar-refractivity contribution in [1.82, 2.24) is 4.90 Å². The number of carbonyl (C=O) groups is 2. The van der Waals surface area contributed by atoms with Crippen molar-refractivity contribution in [2.24, 2.45) is 0 Å². The van der Waals surface area contributed by atoms with Gasteiger partial charge in [-0.3, -0.25) is 19.7 Å². The van der Waals surface area contributed by atoms with E-state index in [0.717, 1.165) is 0 Å². The minimum absolute atomic E-state index is 0.0680. The number of carbonyl (C=O) groups excluding carboxylic acids is 2. The van der Waals surface area contributed by atoms with E-state index in [-0.39, 0.29) is 17.0 Å². The lowest BCUT2D eigenvalue weighted by molar-refractivity contribution is -0.384. The Morgan fingerprint density at radius 1 is 1.11 bits per heavy atom. The van der Waals surface area contributed by atoms with Crippen molar-refractivity contribution in [2.75, 3.05) is 14.2 Å². The van der Waals surface area contributed by atoms with Crippen molar-refractivity contribution < 1.29 is 24.4 Å². The van der Waals surface area contributed by atoms with Gasteiger partial charge in [-0.2, -0.15) is 0 Å². The number of nitro benzene ring substituents is 1. The molecule has 8 nitrogen and oxygen atoms in total. The number of hydrogen-bond acceptors (Lipinski definition) is 6. The molecule has 1 saturated heterocycles. The molecule has 2 aromatic rings. The van der Waals surface area contributed by atoms with Crippen LogP contribution >= 0.6 is 0 Å². The molecule has 0 saturated carbocycles. The lowest BCUT2D eigenvalue weighted by atomic mass is 9.95. The first-order chi connectivity index (χ1) is 12.8. The number of nitrogens with zero attached hydrogens (tertiary/aromatic N) is 2. The van der Waals surface area contributed by atoms with E-state index in [2.05, 4.69) is 0 Å². The van der Waals surface area contributed by atoms with Gasteiger partial charge < -0.3 is 14.7 Å². The maximum atomic E-state index is 12.5. The molecule has 1 amide bonds. The highest BCUT2D eigenvalue weighted by Crippen LogP contribution is 2.38. The van der Waals surface area contributed by atoms with Crippen LogP contribution in [-0.4, -0.2) is 40.8 Å².